The molecule has 0 radical (unpaired) electrons. The lowest BCUT2D eigenvalue weighted by Gasteiger charge is -2.20. The largest absolute Gasteiger partial charge is 0.339 e. The van der Waals surface area contributed by atoms with Crippen LogP contribution in [0, 0.1) is 5.82 Å². The van der Waals surface area contributed by atoms with Crippen molar-refractivity contribution in [2.45, 2.75) is 18.7 Å². The van der Waals surface area contributed by atoms with Gasteiger partial charge in [0, 0.05) is 30.7 Å². The van der Waals surface area contributed by atoms with E-state index in [2.05, 4.69) is 15.6 Å². The Morgan fingerprint density at radius 2 is 1.81 bits per heavy atom. The van der Waals surface area contributed by atoms with Gasteiger partial charge in [-0.1, -0.05) is 31.5 Å². The number of nitrogens with zero attached hydrogens (tertiary/aromatic N) is 2. The molecule has 0 bridgehead atoms. The monoisotopic (exact) mass is 476 g/mol. The van der Waals surface area contributed by atoms with E-state index < -0.39 is 21.7 Å². The summed E-state index contributed by atoms with van der Waals surface area (Å²) in [6, 6.07) is 13.2. The SMILES string of the molecule is CCN(CC)S(=O)(=O)c1cc(NC(=O)c2cccnc2Nc2cccc(F)c2)ccc1Cl. The van der Waals surface area contributed by atoms with Crippen molar-refractivity contribution in [1.82, 2.24) is 9.29 Å². The maximum absolute atomic E-state index is 13.5. The fourth-order valence-electron chi connectivity index (χ4n) is 3.07. The van der Waals surface area contributed by atoms with Crippen LogP contribution >= 0.6 is 11.6 Å². The third-order valence-electron chi connectivity index (χ3n) is 4.65. The molecule has 2 N–H and O–H groups in total. The van der Waals surface area contributed by atoms with E-state index in [9.17, 15) is 17.6 Å². The number of sulfonamides is 1. The average Bonchev–Trinajstić information content (AvgIpc) is 2.76. The fourth-order valence-corrected chi connectivity index (χ4v) is 5.03. The number of nitrogens with one attached hydrogen (secondary N) is 2. The van der Waals surface area contributed by atoms with Crippen molar-refractivity contribution in [3.63, 3.8) is 0 Å². The number of benzene rings is 2. The van der Waals surface area contributed by atoms with Crippen LogP contribution in [0.2, 0.25) is 5.02 Å². The molecule has 0 atom stereocenters. The minimum atomic E-state index is -3.82. The van der Waals surface area contributed by atoms with E-state index in [1.807, 2.05) is 0 Å². The molecule has 1 aromatic heterocycles. The maximum atomic E-state index is 13.5. The minimum absolute atomic E-state index is 0.0599. The Morgan fingerprint density at radius 3 is 2.50 bits per heavy atom. The molecule has 10 heteroatoms. The standard InChI is InChI=1S/C22H22ClFN4O3S/c1-3-28(4-2)32(30,31)20-14-17(10-11-19(20)23)27-22(29)18-9-6-12-25-21(18)26-16-8-5-7-15(24)13-16/h5-14H,3-4H2,1-2H3,(H,25,26)(H,27,29). The third-order valence-corrected chi connectivity index (χ3v) is 7.18. The van der Waals surface area contributed by atoms with Gasteiger partial charge in [0.15, 0.2) is 0 Å². The first-order valence-electron chi connectivity index (χ1n) is 9.85. The molecule has 0 spiro atoms. The summed E-state index contributed by atoms with van der Waals surface area (Å²) in [5.74, 6) is -0.730. The van der Waals surface area contributed by atoms with Crippen molar-refractivity contribution in [2.24, 2.45) is 0 Å². The van der Waals surface area contributed by atoms with E-state index in [4.69, 9.17) is 11.6 Å². The van der Waals surface area contributed by atoms with Crippen LogP contribution in [-0.2, 0) is 10.0 Å². The summed E-state index contributed by atoms with van der Waals surface area (Å²) in [4.78, 5) is 17.0. The summed E-state index contributed by atoms with van der Waals surface area (Å²) in [5, 5.41) is 5.66. The van der Waals surface area contributed by atoms with Gasteiger partial charge in [0.1, 0.15) is 16.5 Å². The highest BCUT2D eigenvalue weighted by molar-refractivity contribution is 7.89. The van der Waals surface area contributed by atoms with Gasteiger partial charge in [-0.3, -0.25) is 4.79 Å². The number of amides is 1. The van der Waals surface area contributed by atoms with Crippen molar-refractivity contribution < 1.29 is 17.6 Å². The summed E-state index contributed by atoms with van der Waals surface area (Å²) >= 11 is 6.15. The van der Waals surface area contributed by atoms with Crippen molar-refractivity contribution in [3.05, 3.63) is 77.2 Å². The maximum Gasteiger partial charge on any atom is 0.259 e. The van der Waals surface area contributed by atoms with Gasteiger partial charge in [-0.25, -0.2) is 17.8 Å². The number of halogens is 2. The van der Waals surface area contributed by atoms with Crippen LogP contribution in [0.1, 0.15) is 24.2 Å². The lowest BCUT2D eigenvalue weighted by atomic mass is 10.2. The van der Waals surface area contributed by atoms with Gasteiger partial charge in [-0.15, -0.1) is 0 Å². The molecule has 0 aliphatic rings. The molecule has 2 aromatic carbocycles. The van der Waals surface area contributed by atoms with E-state index in [0.29, 0.717) is 5.69 Å². The number of anilines is 3. The van der Waals surface area contributed by atoms with Crippen LogP contribution in [0.3, 0.4) is 0 Å². The quantitative estimate of drug-likeness (QED) is 0.482. The normalized spacial score (nSPS) is 11.4. The molecule has 168 valence electrons. The molecule has 0 unspecified atom stereocenters. The first-order chi connectivity index (χ1) is 15.3. The zero-order valence-electron chi connectivity index (χ0n) is 17.5. The average molecular weight is 477 g/mol. The van der Waals surface area contributed by atoms with Crippen molar-refractivity contribution in [3.8, 4) is 0 Å². The Morgan fingerprint density at radius 1 is 1.06 bits per heavy atom. The van der Waals surface area contributed by atoms with Crippen LogP contribution in [0.5, 0.6) is 0 Å². The number of pyridine rings is 1. The summed E-state index contributed by atoms with van der Waals surface area (Å²) in [5.41, 5.74) is 0.877. The molecule has 1 amide bonds. The van der Waals surface area contributed by atoms with Crippen LogP contribution < -0.4 is 10.6 Å². The lowest BCUT2D eigenvalue weighted by Crippen LogP contribution is -2.30. The van der Waals surface area contributed by atoms with E-state index in [1.165, 1.54) is 46.9 Å². The van der Waals surface area contributed by atoms with Gasteiger partial charge in [0.05, 0.1) is 10.6 Å². The Hall–Kier alpha value is -3.01. The van der Waals surface area contributed by atoms with Gasteiger partial charge in [0.25, 0.3) is 5.91 Å². The van der Waals surface area contributed by atoms with E-state index in [1.54, 1.807) is 32.0 Å². The van der Waals surface area contributed by atoms with Crippen LogP contribution in [0.25, 0.3) is 0 Å². The predicted molar refractivity (Wildman–Crippen MR) is 123 cm³/mol. The van der Waals surface area contributed by atoms with Crippen molar-refractivity contribution in [1.29, 1.82) is 0 Å². The fraction of sp³-hybridized carbons (Fsp3) is 0.182. The lowest BCUT2D eigenvalue weighted by molar-refractivity contribution is 0.102. The Labute approximate surface area is 191 Å². The molecule has 0 fully saturated rings. The molecule has 0 saturated heterocycles. The number of carbonyl (C=O) groups is 1. The van der Waals surface area contributed by atoms with Crippen LogP contribution in [-0.4, -0.2) is 36.7 Å². The number of hydrogen-bond acceptors (Lipinski definition) is 5. The highest BCUT2D eigenvalue weighted by Crippen LogP contribution is 2.28. The number of rotatable bonds is 8. The summed E-state index contributed by atoms with van der Waals surface area (Å²) in [6.07, 6.45) is 1.50. The van der Waals surface area contributed by atoms with Crippen molar-refractivity contribution >= 4 is 44.7 Å². The minimum Gasteiger partial charge on any atom is -0.339 e. The van der Waals surface area contributed by atoms with Gasteiger partial charge in [-0.05, 0) is 48.5 Å². The zero-order valence-corrected chi connectivity index (χ0v) is 19.0. The first kappa shape index (κ1) is 23.6. The molecular weight excluding hydrogens is 455 g/mol. The molecule has 7 nitrogen and oxygen atoms in total. The molecular formula is C22H22ClFN4O3S. The van der Waals surface area contributed by atoms with Crippen molar-refractivity contribution in [2.75, 3.05) is 23.7 Å². The second-order valence-corrected chi connectivity index (χ2v) is 9.04. The molecule has 32 heavy (non-hydrogen) atoms. The predicted octanol–water partition coefficient (Wildman–Crippen LogP) is 4.90. The highest BCUT2D eigenvalue weighted by Gasteiger charge is 2.25. The topological polar surface area (TPSA) is 91.4 Å². The zero-order chi connectivity index (χ0) is 23.3. The molecule has 0 aliphatic heterocycles. The molecule has 0 aliphatic carbocycles. The molecule has 3 rings (SSSR count). The van der Waals surface area contributed by atoms with E-state index in [0.717, 1.165) is 0 Å². The molecule has 1 heterocycles. The number of carbonyl (C=O) groups excluding carboxylic acids is 1. The second-order valence-electron chi connectivity index (χ2n) is 6.72. The number of hydrogen-bond donors (Lipinski definition) is 2. The van der Waals surface area contributed by atoms with E-state index in [-0.39, 0.29) is 40.1 Å². The van der Waals surface area contributed by atoms with Gasteiger partial charge < -0.3 is 10.6 Å². The first-order valence-corrected chi connectivity index (χ1v) is 11.7. The van der Waals surface area contributed by atoms with E-state index >= 15 is 0 Å². The summed E-state index contributed by atoms with van der Waals surface area (Å²) < 4.78 is 40.5. The van der Waals surface area contributed by atoms with Gasteiger partial charge in [-0.2, -0.15) is 4.31 Å². The third kappa shape index (κ3) is 5.24. The highest BCUT2D eigenvalue weighted by atomic mass is 35.5. The summed E-state index contributed by atoms with van der Waals surface area (Å²) in [6.45, 7) is 4.04. The number of aromatic nitrogens is 1. The Kier molecular flexibility index (Phi) is 7.44. The van der Waals surface area contributed by atoms with Crippen LogP contribution in [0.15, 0.2) is 65.7 Å². The van der Waals surface area contributed by atoms with Crippen LogP contribution in [0.4, 0.5) is 21.6 Å². The smallest absolute Gasteiger partial charge is 0.259 e. The van der Waals surface area contributed by atoms with Gasteiger partial charge in [0.2, 0.25) is 10.0 Å². The summed E-state index contributed by atoms with van der Waals surface area (Å²) in [7, 11) is -3.82. The Balaban J connectivity index is 1.89. The molecule has 0 saturated carbocycles. The second kappa shape index (κ2) is 10.1. The van der Waals surface area contributed by atoms with Gasteiger partial charge >= 0.3 is 0 Å². The Bertz CT molecular complexity index is 1230. The molecule has 3 aromatic rings.